The molecule has 0 radical (unpaired) electrons. The van der Waals surface area contributed by atoms with Gasteiger partial charge in [-0.05, 0) is 70.9 Å². The van der Waals surface area contributed by atoms with Crippen LogP contribution in [0.25, 0.3) is 0 Å². The predicted octanol–water partition coefficient (Wildman–Crippen LogP) is 4.54. The maximum Gasteiger partial charge on any atom is 0.141 e. The van der Waals surface area contributed by atoms with Crippen molar-refractivity contribution in [1.29, 1.82) is 0 Å². The summed E-state index contributed by atoms with van der Waals surface area (Å²) in [5.41, 5.74) is 6.49. The van der Waals surface area contributed by atoms with Crippen LogP contribution in [0.2, 0.25) is 5.02 Å². The molecule has 5 heteroatoms. The molecular weight excluding hydrogens is 333 g/mol. The third kappa shape index (κ3) is 3.69. The van der Waals surface area contributed by atoms with Crippen LogP contribution in [0, 0.1) is 5.82 Å². The van der Waals surface area contributed by atoms with E-state index in [9.17, 15) is 4.39 Å². The Balaban J connectivity index is 2.32. The van der Waals surface area contributed by atoms with Gasteiger partial charge >= 0.3 is 0 Å². The molecule has 0 saturated carbocycles. The summed E-state index contributed by atoms with van der Waals surface area (Å²) in [6.45, 7) is 0.501. The van der Waals surface area contributed by atoms with Gasteiger partial charge < -0.3 is 10.5 Å². The van der Waals surface area contributed by atoms with E-state index in [1.807, 2.05) is 6.07 Å². The molecule has 0 aliphatic rings. The highest BCUT2D eigenvalue weighted by Crippen LogP contribution is 2.33. The fraction of sp³-hybridized carbons (Fsp3) is 0.143. The van der Waals surface area contributed by atoms with Crippen molar-refractivity contribution in [2.24, 2.45) is 5.73 Å². The Bertz CT molecular complexity index is 592. The zero-order chi connectivity index (χ0) is 13.8. The minimum absolute atomic E-state index is 0.322. The highest BCUT2D eigenvalue weighted by atomic mass is 79.9. The quantitative estimate of drug-likeness (QED) is 0.884. The summed E-state index contributed by atoms with van der Waals surface area (Å²) in [7, 11) is 0. The molecule has 0 heterocycles. The van der Waals surface area contributed by atoms with Crippen molar-refractivity contribution in [3.8, 4) is 11.5 Å². The lowest BCUT2D eigenvalue weighted by Gasteiger charge is -2.12. The number of rotatable bonds is 4. The molecule has 2 aromatic carbocycles. The van der Waals surface area contributed by atoms with E-state index in [4.69, 9.17) is 22.1 Å². The van der Waals surface area contributed by atoms with E-state index >= 15 is 0 Å². The van der Waals surface area contributed by atoms with Crippen LogP contribution >= 0.6 is 27.5 Å². The van der Waals surface area contributed by atoms with Crippen molar-refractivity contribution in [2.45, 2.75) is 6.42 Å². The molecule has 0 amide bonds. The first-order valence-corrected chi connectivity index (χ1v) is 6.88. The molecule has 0 spiro atoms. The van der Waals surface area contributed by atoms with E-state index in [-0.39, 0.29) is 5.82 Å². The minimum atomic E-state index is -0.322. The van der Waals surface area contributed by atoms with Gasteiger partial charge in [0.1, 0.15) is 17.3 Å². The molecule has 0 aliphatic carbocycles. The van der Waals surface area contributed by atoms with Gasteiger partial charge in [-0.3, -0.25) is 0 Å². The van der Waals surface area contributed by atoms with Gasteiger partial charge in [0.15, 0.2) is 0 Å². The van der Waals surface area contributed by atoms with Crippen LogP contribution < -0.4 is 10.5 Å². The summed E-state index contributed by atoms with van der Waals surface area (Å²) in [5, 5.41) is 0.633. The molecule has 0 atom stereocenters. The standard InChI is InChI=1S/C14H12BrClFNO/c15-12-8-11(17)2-4-14(12)19-13-3-1-10(16)7-9(13)5-6-18/h1-4,7-8H,5-6,18H2. The molecule has 0 bridgehead atoms. The van der Waals surface area contributed by atoms with E-state index in [2.05, 4.69) is 15.9 Å². The number of hydrogen-bond donors (Lipinski definition) is 1. The van der Waals surface area contributed by atoms with Crippen LogP contribution in [0.1, 0.15) is 5.56 Å². The molecule has 100 valence electrons. The molecule has 2 rings (SSSR count). The number of halogens is 3. The van der Waals surface area contributed by atoms with E-state index in [0.717, 1.165) is 5.56 Å². The maximum atomic E-state index is 13.0. The lowest BCUT2D eigenvalue weighted by atomic mass is 10.1. The highest BCUT2D eigenvalue weighted by molar-refractivity contribution is 9.10. The average Bonchev–Trinajstić information content (AvgIpc) is 2.36. The van der Waals surface area contributed by atoms with Gasteiger partial charge in [-0.2, -0.15) is 0 Å². The molecule has 0 fully saturated rings. The largest absolute Gasteiger partial charge is 0.456 e. The van der Waals surface area contributed by atoms with E-state index in [1.165, 1.54) is 12.1 Å². The Kier molecular flexibility index (Phi) is 4.80. The third-order valence-corrected chi connectivity index (χ3v) is 3.40. The zero-order valence-corrected chi connectivity index (χ0v) is 12.3. The Labute approximate surface area is 124 Å². The van der Waals surface area contributed by atoms with Gasteiger partial charge in [0, 0.05) is 5.02 Å². The molecule has 0 aromatic heterocycles. The van der Waals surface area contributed by atoms with Crippen LogP contribution in [0.5, 0.6) is 11.5 Å². The number of nitrogens with two attached hydrogens (primary N) is 1. The van der Waals surface area contributed by atoms with Crippen LogP contribution in [-0.2, 0) is 6.42 Å². The van der Waals surface area contributed by atoms with Crippen molar-refractivity contribution < 1.29 is 9.13 Å². The fourth-order valence-electron chi connectivity index (χ4n) is 1.67. The molecule has 2 aromatic rings. The van der Waals surface area contributed by atoms with Gasteiger partial charge in [0.25, 0.3) is 0 Å². The van der Waals surface area contributed by atoms with Gasteiger partial charge in [-0.25, -0.2) is 4.39 Å². The number of ether oxygens (including phenoxy) is 1. The highest BCUT2D eigenvalue weighted by Gasteiger charge is 2.08. The molecule has 0 unspecified atom stereocenters. The second-order valence-corrected chi connectivity index (χ2v) is 5.26. The van der Waals surface area contributed by atoms with Crippen molar-refractivity contribution in [2.75, 3.05) is 6.54 Å². The molecule has 2 N–H and O–H groups in total. The Morgan fingerprint density at radius 1 is 1.16 bits per heavy atom. The first-order valence-electron chi connectivity index (χ1n) is 5.71. The summed E-state index contributed by atoms with van der Waals surface area (Å²) in [6.07, 6.45) is 0.661. The van der Waals surface area contributed by atoms with Crippen LogP contribution in [-0.4, -0.2) is 6.54 Å². The van der Waals surface area contributed by atoms with Gasteiger partial charge in [-0.1, -0.05) is 11.6 Å². The monoisotopic (exact) mass is 343 g/mol. The van der Waals surface area contributed by atoms with Crippen LogP contribution in [0.15, 0.2) is 40.9 Å². The second kappa shape index (κ2) is 6.37. The summed E-state index contributed by atoms with van der Waals surface area (Å²) in [6, 6.07) is 9.62. The smallest absolute Gasteiger partial charge is 0.141 e. The SMILES string of the molecule is NCCc1cc(Cl)ccc1Oc1ccc(F)cc1Br. The van der Waals surface area contributed by atoms with Gasteiger partial charge in [0.05, 0.1) is 4.47 Å². The minimum Gasteiger partial charge on any atom is -0.456 e. The van der Waals surface area contributed by atoms with E-state index < -0.39 is 0 Å². The zero-order valence-electron chi connectivity index (χ0n) is 10.00. The first-order chi connectivity index (χ1) is 9.10. The average molecular weight is 345 g/mol. The Hall–Kier alpha value is -1.10. The van der Waals surface area contributed by atoms with E-state index in [0.29, 0.717) is 34.0 Å². The fourth-order valence-corrected chi connectivity index (χ4v) is 2.30. The molecule has 0 aliphatic heterocycles. The van der Waals surface area contributed by atoms with Crippen molar-refractivity contribution >= 4 is 27.5 Å². The summed E-state index contributed by atoms with van der Waals surface area (Å²) in [5.74, 6) is 0.890. The van der Waals surface area contributed by atoms with Gasteiger partial charge in [0.2, 0.25) is 0 Å². The second-order valence-electron chi connectivity index (χ2n) is 3.97. The Morgan fingerprint density at radius 3 is 2.58 bits per heavy atom. The predicted molar refractivity (Wildman–Crippen MR) is 78.4 cm³/mol. The molecular formula is C14H12BrClFNO. The number of hydrogen-bond acceptors (Lipinski definition) is 2. The van der Waals surface area contributed by atoms with Crippen LogP contribution in [0.4, 0.5) is 4.39 Å². The first kappa shape index (κ1) is 14.3. The van der Waals surface area contributed by atoms with Crippen molar-refractivity contribution in [1.82, 2.24) is 0 Å². The topological polar surface area (TPSA) is 35.2 Å². The normalized spacial score (nSPS) is 10.5. The molecule has 19 heavy (non-hydrogen) atoms. The van der Waals surface area contributed by atoms with Gasteiger partial charge in [-0.15, -0.1) is 0 Å². The van der Waals surface area contributed by atoms with E-state index in [1.54, 1.807) is 18.2 Å². The lowest BCUT2D eigenvalue weighted by Crippen LogP contribution is -2.04. The Morgan fingerprint density at radius 2 is 1.89 bits per heavy atom. The number of benzene rings is 2. The summed E-state index contributed by atoms with van der Waals surface area (Å²) >= 11 is 9.22. The summed E-state index contributed by atoms with van der Waals surface area (Å²) < 4.78 is 19.4. The maximum absolute atomic E-state index is 13.0. The molecule has 0 saturated heterocycles. The summed E-state index contributed by atoms with van der Waals surface area (Å²) in [4.78, 5) is 0. The molecule has 2 nitrogen and oxygen atoms in total. The van der Waals surface area contributed by atoms with Crippen molar-refractivity contribution in [3.05, 3.63) is 57.3 Å². The van der Waals surface area contributed by atoms with Crippen LogP contribution in [0.3, 0.4) is 0 Å². The lowest BCUT2D eigenvalue weighted by molar-refractivity contribution is 0.471. The van der Waals surface area contributed by atoms with Crippen molar-refractivity contribution in [3.63, 3.8) is 0 Å². The third-order valence-electron chi connectivity index (χ3n) is 2.55.